The number of hydrogen-bond donors (Lipinski definition) is 0. The molecule has 0 amide bonds. The molecule has 4 rings (SSSR count). The summed E-state index contributed by atoms with van der Waals surface area (Å²) in [6.45, 7) is 6.11. The van der Waals surface area contributed by atoms with Crippen LogP contribution in [0.1, 0.15) is 154 Å². The van der Waals surface area contributed by atoms with Gasteiger partial charge >= 0.3 is 0 Å². The van der Waals surface area contributed by atoms with Crippen LogP contribution in [0.25, 0.3) is 27.8 Å². The van der Waals surface area contributed by atoms with Gasteiger partial charge in [0.1, 0.15) is 0 Å². The monoisotopic (exact) mass is 677 g/mol. The van der Waals surface area contributed by atoms with Crippen molar-refractivity contribution < 1.29 is 9.47 Å². The van der Waals surface area contributed by atoms with Gasteiger partial charge in [-0.3, -0.25) is 0 Å². The van der Waals surface area contributed by atoms with Gasteiger partial charge in [-0.15, -0.1) is 0 Å². The summed E-state index contributed by atoms with van der Waals surface area (Å²) in [7, 11) is 0. The second-order valence-corrected chi connectivity index (χ2v) is 14.6. The van der Waals surface area contributed by atoms with E-state index in [0.717, 1.165) is 32.5 Å². The standard InChI is InChI=1S/C48H68O2/c1-3-5-7-9-11-13-15-17-19-24-40-49-48(50-41-25-20-18-16-14-12-10-8-6-4-2)38-36-47(37-39-48)46-34-32-45(33-35-46)44-30-28-43(29-31-44)42-26-22-21-23-27-42/h21-23,26-38H,3-20,24-25,39-41H2,1-2H3. The highest BCUT2D eigenvalue weighted by atomic mass is 16.7. The van der Waals surface area contributed by atoms with Gasteiger partial charge in [0, 0.05) is 6.42 Å². The molecule has 2 nitrogen and oxygen atoms in total. The van der Waals surface area contributed by atoms with Crippen molar-refractivity contribution in [3.05, 3.63) is 103 Å². The van der Waals surface area contributed by atoms with Crippen LogP contribution in [0.5, 0.6) is 0 Å². The minimum absolute atomic E-state index is 0.636. The fourth-order valence-electron chi connectivity index (χ4n) is 7.08. The molecular weight excluding hydrogens is 609 g/mol. The summed E-state index contributed by atoms with van der Waals surface area (Å²) in [4.78, 5) is 0. The lowest BCUT2D eigenvalue weighted by Crippen LogP contribution is -2.35. The molecule has 0 atom stereocenters. The highest BCUT2D eigenvalue weighted by molar-refractivity contribution is 5.77. The fraction of sp³-hybridized carbons (Fsp3) is 0.542. The van der Waals surface area contributed by atoms with Gasteiger partial charge in [-0.25, -0.2) is 0 Å². The van der Waals surface area contributed by atoms with Crippen molar-refractivity contribution in [3.63, 3.8) is 0 Å². The second kappa shape index (κ2) is 24.3. The van der Waals surface area contributed by atoms with Gasteiger partial charge in [-0.05, 0) is 52.3 Å². The average molecular weight is 677 g/mol. The molecule has 0 aromatic heterocycles. The van der Waals surface area contributed by atoms with E-state index in [0.29, 0.717) is 0 Å². The molecule has 0 saturated heterocycles. The van der Waals surface area contributed by atoms with Crippen molar-refractivity contribution in [1.29, 1.82) is 0 Å². The maximum atomic E-state index is 6.58. The summed E-state index contributed by atoms with van der Waals surface area (Å²) in [5.41, 5.74) is 7.46. The van der Waals surface area contributed by atoms with Gasteiger partial charge < -0.3 is 9.47 Å². The lowest BCUT2D eigenvalue weighted by molar-refractivity contribution is -0.203. The van der Waals surface area contributed by atoms with Crippen molar-refractivity contribution >= 4 is 5.57 Å². The molecule has 0 unspecified atom stereocenters. The zero-order valence-corrected chi connectivity index (χ0v) is 31.8. The Kier molecular flexibility index (Phi) is 19.3. The average Bonchev–Trinajstić information content (AvgIpc) is 3.17. The van der Waals surface area contributed by atoms with Crippen molar-refractivity contribution in [2.75, 3.05) is 13.2 Å². The first-order chi connectivity index (χ1) is 24.7. The van der Waals surface area contributed by atoms with Gasteiger partial charge in [-0.2, -0.15) is 0 Å². The SMILES string of the molecule is CCCCCCCCCCCCOC1(OCCCCCCCCCCCC)C=CC(c2ccc(-c3ccc(-c4ccccc4)cc3)cc2)=CC1. The van der Waals surface area contributed by atoms with Crippen LogP contribution < -0.4 is 0 Å². The maximum absolute atomic E-state index is 6.58. The van der Waals surface area contributed by atoms with E-state index in [2.05, 4.69) is 111 Å². The van der Waals surface area contributed by atoms with Crippen LogP contribution in [-0.4, -0.2) is 19.0 Å². The Morgan fingerprint density at radius 2 is 0.780 bits per heavy atom. The lowest BCUT2D eigenvalue weighted by Gasteiger charge is -2.33. The van der Waals surface area contributed by atoms with Gasteiger partial charge in [-0.1, -0.05) is 220 Å². The Hall–Kier alpha value is -2.94. The predicted molar refractivity (Wildman–Crippen MR) is 217 cm³/mol. The van der Waals surface area contributed by atoms with Crippen LogP contribution in [0.3, 0.4) is 0 Å². The Bertz CT molecular complexity index is 1310. The van der Waals surface area contributed by atoms with Crippen LogP contribution in [0.4, 0.5) is 0 Å². The Labute approximate surface area is 306 Å². The second-order valence-electron chi connectivity index (χ2n) is 14.6. The van der Waals surface area contributed by atoms with Gasteiger partial charge in [0.15, 0.2) is 5.79 Å². The van der Waals surface area contributed by atoms with Gasteiger partial charge in [0.2, 0.25) is 0 Å². The van der Waals surface area contributed by atoms with E-state index in [4.69, 9.17) is 9.47 Å². The predicted octanol–water partition coefficient (Wildman–Crippen LogP) is 14.9. The molecule has 0 heterocycles. The van der Waals surface area contributed by atoms with E-state index in [1.165, 1.54) is 149 Å². The van der Waals surface area contributed by atoms with E-state index in [1.807, 2.05) is 0 Å². The third kappa shape index (κ3) is 14.7. The summed E-state index contributed by atoms with van der Waals surface area (Å²) in [5.74, 6) is -0.636. The zero-order valence-electron chi connectivity index (χ0n) is 31.8. The maximum Gasteiger partial charge on any atom is 0.191 e. The summed E-state index contributed by atoms with van der Waals surface area (Å²) in [6, 6.07) is 28.4. The van der Waals surface area contributed by atoms with Crippen LogP contribution >= 0.6 is 0 Å². The van der Waals surface area contributed by atoms with E-state index >= 15 is 0 Å². The minimum Gasteiger partial charge on any atom is -0.346 e. The Morgan fingerprint density at radius 3 is 1.16 bits per heavy atom. The van der Waals surface area contributed by atoms with E-state index in [-0.39, 0.29) is 0 Å². The smallest absolute Gasteiger partial charge is 0.191 e. The molecule has 0 aliphatic heterocycles. The molecule has 0 N–H and O–H groups in total. The molecule has 2 heteroatoms. The molecule has 1 aliphatic rings. The van der Waals surface area contributed by atoms with Crippen LogP contribution in [0.2, 0.25) is 0 Å². The molecule has 50 heavy (non-hydrogen) atoms. The molecule has 0 spiro atoms. The highest BCUT2D eigenvalue weighted by Gasteiger charge is 2.30. The van der Waals surface area contributed by atoms with Gasteiger partial charge in [0.25, 0.3) is 0 Å². The van der Waals surface area contributed by atoms with Crippen LogP contribution in [0.15, 0.2) is 97.1 Å². The lowest BCUT2D eigenvalue weighted by atomic mass is 9.94. The first-order valence-corrected chi connectivity index (χ1v) is 20.7. The summed E-state index contributed by atoms with van der Waals surface area (Å²) >= 11 is 0. The highest BCUT2D eigenvalue weighted by Crippen LogP contribution is 2.33. The molecule has 0 bridgehead atoms. The summed E-state index contributed by atoms with van der Waals surface area (Å²) in [6.07, 6.45) is 34.2. The van der Waals surface area contributed by atoms with Crippen LogP contribution in [0, 0.1) is 0 Å². The molecule has 0 radical (unpaired) electrons. The van der Waals surface area contributed by atoms with Crippen molar-refractivity contribution in [3.8, 4) is 22.3 Å². The minimum atomic E-state index is -0.636. The van der Waals surface area contributed by atoms with Crippen molar-refractivity contribution in [2.45, 2.75) is 154 Å². The van der Waals surface area contributed by atoms with E-state index < -0.39 is 5.79 Å². The molecule has 0 saturated carbocycles. The topological polar surface area (TPSA) is 18.5 Å². The molecule has 3 aromatic rings. The molecule has 272 valence electrons. The number of allylic oxidation sites excluding steroid dienone is 2. The number of unbranched alkanes of at least 4 members (excludes halogenated alkanes) is 18. The van der Waals surface area contributed by atoms with E-state index in [9.17, 15) is 0 Å². The number of rotatable bonds is 27. The van der Waals surface area contributed by atoms with Crippen molar-refractivity contribution in [2.24, 2.45) is 0 Å². The number of ether oxygens (including phenoxy) is 2. The van der Waals surface area contributed by atoms with Gasteiger partial charge in [0.05, 0.1) is 13.2 Å². The third-order valence-electron chi connectivity index (χ3n) is 10.4. The van der Waals surface area contributed by atoms with E-state index in [1.54, 1.807) is 0 Å². The first-order valence-electron chi connectivity index (χ1n) is 20.7. The zero-order chi connectivity index (χ0) is 35.0. The molecule has 1 aliphatic carbocycles. The first kappa shape index (κ1) is 39.8. The fourth-order valence-corrected chi connectivity index (χ4v) is 7.08. The Morgan fingerprint density at radius 1 is 0.420 bits per heavy atom. The summed E-state index contributed by atoms with van der Waals surface area (Å²) < 4.78 is 13.2. The molecule has 3 aromatic carbocycles. The quantitative estimate of drug-likeness (QED) is 0.0591. The third-order valence-corrected chi connectivity index (χ3v) is 10.4. The molecular formula is C48H68O2. The molecule has 0 fully saturated rings. The number of benzene rings is 3. The normalized spacial score (nSPS) is 13.8. The van der Waals surface area contributed by atoms with Crippen LogP contribution in [-0.2, 0) is 9.47 Å². The summed E-state index contributed by atoms with van der Waals surface area (Å²) in [5, 5.41) is 0. The largest absolute Gasteiger partial charge is 0.346 e. The van der Waals surface area contributed by atoms with Crippen molar-refractivity contribution in [1.82, 2.24) is 0 Å². The Balaban J connectivity index is 1.24. The number of hydrogen-bond acceptors (Lipinski definition) is 2.